The van der Waals surface area contributed by atoms with Crippen molar-refractivity contribution in [3.63, 3.8) is 0 Å². The molecule has 0 aliphatic heterocycles. The fourth-order valence-electron chi connectivity index (χ4n) is 2.72. The number of carbonyl (C=O) groups excluding carboxylic acids is 3. The van der Waals surface area contributed by atoms with Gasteiger partial charge in [0.25, 0.3) is 17.5 Å². The molecular weight excluding hydrogens is 459 g/mol. The molecule has 182 valence electrons. The second-order valence-corrected chi connectivity index (χ2v) is 8.21. The van der Waals surface area contributed by atoms with Crippen molar-refractivity contribution >= 4 is 29.2 Å². The Bertz CT molecular complexity index is 1090. The average molecular weight is 481 g/mol. The van der Waals surface area contributed by atoms with Crippen molar-refractivity contribution in [2.45, 2.75) is 32.4 Å². The quantitative estimate of drug-likeness (QED) is 0.352. The summed E-state index contributed by atoms with van der Waals surface area (Å²) in [6.45, 7) is 4.64. The zero-order chi connectivity index (χ0) is 25.7. The standard InChI is InChI=1S/C22H22F3N3O6/c1-21(2,3)14-6-4-13(5-7-14)20(31)26-11-19(30)34-12-18(29)27-16-9-8-15(22(23,24)25)10-17(16)28(32)33/h4-10H,11-12H2,1-3H3,(H,26,31)(H,27,29). The van der Waals surface area contributed by atoms with Crippen LogP contribution in [-0.2, 0) is 25.9 Å². The molecule has 0 saturated carbocycles. The van der Waals surface area contributed by atoms with Crippen LogP contribution < -0.4 is 10.6 Å². The number of nitrogens with one attached hydrogen (secondary N) is 2. The normalized spacial score (nSPS) is 11.5. The molecule has 2 amide bonds. The van der Waals surface area contributed by atoms with Gasteiger partial charge in [0.2, 0.25) is 0 Å². The molecule has 0 aliphatic carbocycles. The summed E-state index contributed by atoms with van der Waals surface area (Å²) in [5.41, 5.74) is -1.49. The predicted molar refractivity (Wildman–Crippen MR) is 115 cm³/mol. The summed E-state index contributed by atoms with van der Waals surface area (Å²) < 4.78 is 42.9. The number of nitro groups is 1. The van der Waals surface area contributed by atoms with Crippen LogP contribution in [-0.4, -0.2) is 35.9 Å². The molecule has 0 bridgehead atoms. The van der Waals surface area contributed by atoms with Gasteiger partial charge < -0.3 is 15.4 Å². The first-order valence-corrected chi connectivity index (χ1v) is 9.88. The van der Waals surface area contributed by atoms with Gasteiger partial charge in [-0.15, -0.1) is 0 Å². The highest BCUT2D eigenvalue weighted by Gasteiger charge is 2.33. The lowest BCUT2D eigenvalue weighted by molar-refractivity contribution is -0.384. The Labute approximate surface area is 192 Å². The molecule has 0 spiro atoms. The largest absolute Gasteiger partial charge is 0.454 e. The number of esters is 1. The van der Waals surface area contributed by atoms with Crippen LogP contribution in [0.1, 0.15) is 42.3 Å². The second-order valence-electron chi connectivity index (χ2n) is 8.21. The van der Waals surface area contributed by atoms with E-state index in [1.807, 2.05) is 26.1 Å². The van der Waals surface area contributed by atoms with E-state index in [1.165, 1.54) is 0 Å². The Kier molecular flexibility index (Phi) is 7.98. The number of alkyl halides is 3. The zero-order valence-electron chi connectivity index (χ0n) is 18.5. The van der Waals surface area contributed by atoms with Gasteiger partial charge in [0.05, 0.1) is 10.5 Å². The Morgan fingerprint density at radius 2 is 1.59 bits per heavy atom. The lowest BCUT2D eigenvalue weighted by atomic mass is 9.87. The molecule has 12 heteroatoms. The second kappa shape index (κ2) is 10.3. The van der Waals surface area contributed by atoms with E-state index in [2.05, 4.69) is 10.1 Å². The van der Waals surface area contributed by atoms with Crippen molar-refractivity contribution in [2.75, 3.05) is 18.5 Å². The van der Waals surface area contributed by atoms with E-state index in [1.54, 1.807) is 24.3 Å². The number of halogens is 3. The van der Waals surface area contributed by atoms with E-state index in [4.69, 9.17) is 0 Å². The van der Waals surface area contributed by atoms with Crippen LogP contribution in [0.4, 0.5) is 24.5 Å². The van der Waals surface area contributed by atoms with Gasteiger partial charge in [-0.2, -0.15) is 13.2 Å². The molecule has 34 heavy (non-hydrogen) atoms. The third-order valence-electron chi connectivity index (χ3n) is 4.57. The van der Waals surface area contributed by atoms with Gasteiger partial charge in [-0.25, -0.2) is 0 Å². The van der Waals surface area contributed by atoms with Crippen molar-refractivity contribution < 1.29 is 37.2 Å². The minimum absolute atomic E-state index is 0.0970. The van der Waals surface area contributed by atoms with Gasteiger partial charge in [-0.1, -0.05) is 32.9 Å². The molecule has 0 atom stereocenters. The van der Waals surface area contributed by atoms with E-state index >= 15 is 0 Å². The summed E-state index contributed by atoms with van der Waals surface area (Å²) in [4.78, 5) is 45.8. The number of benzene rings is 2. The number of anilines is 1. The van der Waals surface area contributed by atoms with Gasteiger partial charge in [-0.3, -0.25) is 24.5 Å². The lowest BCUT2D eigenvalue weighted by Crippen LogP contribution is -2.32. The van der Waals surface area contributed by atoms with Gasteiger partial charge >= 0.3 is 12.1 Å². The number of ether oxygens (including phenoxy) is 1. The number of carbonyl (C=O) groups is 3. The van der Waals surface area contributed by atoms with Crippen molar-refractivity contribution in [1.82, 2.24) is 5.32 Å². The minimum Gasteiger partial charge on any atom is -0.454 e. The molecule has 0 heterocycles. The third kappa shape index (κ3) is 7.29. The summed E-state index contributed by atoms with van der Waals surface area (Å²) in [5, 5.41) is 15.4. The Balaban J connectivity index is 1.88. The number of nitro benzene ring substituents is 1. The van der Waals surface area contributed by atoms with Crippen LogP contribution >= 0.6 is 0 Å². The highest BCUT2D eigenvalue weighted by Crippen LogP contribution is 2.34. The summed E-state index contributed by atoms with van der Waals surface area (Å²) >= 11 is 0. The summed E-state index contributed by atoms with van der Waals surface area (Å²) in [5.74, 6) is -2.51. The maximum atomic E-state index is 12.7. The lowest BCUT2D eigenvalue weighted by Gasteiger charge is -2.19. The van der Waals surface area contributed by atoms with Crippen LogP contribution in [0.3, 0.4) is 0 Å². The average Bonchev–Trinajstić information content (AvgIpc) is 2.74. The molecule has 2 aromatic carbocycles. The first-order chi connectivity index (χ1) is 15.7. The van der Waals surface area contributed by atoms with Crippen LogP contribution in [0.15, 0.2) is 42.5 Å². The highest BCUT2D eigenvalue weighted by atomic mass is 19.4. The predicted octanol–water partition coefficient (Wildman–Crippen LogP) is 3.82. The number of rotatable bonds is 7. The first-order valence-electron chi connectivity index (χ1n) is 9.88. The Morgan fingerprint density at radius 1 is 1.00 bits per heavy atom. The molecule has 0 fully saturated rings. The van der Waals surface area contributed by atoms with E-state index in [-0.39, 0.29) is 11.5 Å². The van der Waals surface area contributed by atoms with Crippen LogP contribution in [0.2, 0.25) is 0 Å². The van der Waals surface area contributed by atoms with Crippen molar-refractivity contribution in [2.24, 2.45) is 0 Å². The molecule has 2 N–H and O–H groups in total. The van der Waals surface area contributed by atoms with Crippen LogP contribution in [0.25, 0.3) is 0 Å². The van der Waals surface area contributed by atoms with Crippen molar-refractivity contribution in [1.29, 1.82) is 0 Å². The van der Waals surface area contributed by atoms with Gasteiger partial charge in [0, 0.05) is 11.6 Å². The fourth-order valence-corrected chi connectivity index (χ4v) is 2.72. The molecular formula is C22H22F3N3O6. The Hall–Kier alpha value is -3.96. The van der Waals surface area contributed by atoms with Crippen molar-refractivity contribution in [3.05, 3.63) is 69.3 Å². The SMILES string of the molecule is CC(C)(C)c1ccc(C(=O)NCC(=O)OCC(=O)Nc2ccc(C(F)(F)F)cc2[N+](=O)[O-])cc1. The molecule has 0 saturated heterocycles. The molecule has 0 aliphatic rings. The maximum Gasteiger partial charge on any atom is 0.416 e. The first kappa shape index (κ1) is 26.3. The molecule has 9 nitrogen and oxygen atoms in total. The topological polar surface area (TPSA) is 128 Å². The molecule has 2 rings (SSSR count). The number of hydrogen-bond donors (Lipinski definition) is 2. The van der Waals surface area contributed by atoms with E-state index in [0.29, 0.717) is 11.6 Å². The minimum atomic E-state index is -4.80. The van der Waals surface area contributed by atoms with Gasteiger partial charge in [0.1, 0.15) is 12.2 Å². The summed E-state index contributed by atoms with van der Waals surface area (Å²) in [6.07, 6.45) is -4.80. The van der Waals surface area contributed by atoms with Crippen LogP contribution in [0.5, 0.6) is 0 Å². The maximum absolute atomic E-state index is 12.7. The summed E-state index contributed by atoms with van der Waals surface area (Å²) in [6, 6.07) is 8.36. The smallest absolute Gasteiger partial charge is 0.416 e. The van der Waals surface area contributed by atoms with E-state index < -0.39 is 59.0 Å². The summed E-state index contributed by atoms with van der Waals surface area (Å²) in [7, 11) is 0. The molecule has 0 aromatic heterocycles. The van der Waals surface area contributed by atoms with Crippen molar-refractivity contribution in [3.8, 4) is 0 Å². The monoisotopic (exact) mass is 481 g/mol. The highest BCUT2D eigenvalue weighted by molar-refractivity contribution is 5.97. The molecule has 2 aromatic rings. The molecule has 0 radical (unpaired) electrons. The van der Waals surface area contributed by atoms with E-state index in [9.17, 15) is 37.7 Å². The Morgan fingerprint density at radius 3 is 2.12 bits per heavy atom. The number of amides is 2. The zero-order valence-corrected chi connectivity index (χ0v) is 18.5. The third-order valence-corrected chi connectivity index (χ3v) is 4.57. The molecule has 0 unspecified atom stereocenters. The fraction of sp³-hybridized carbons (Fsp3) is 0.318. The van der Waals surface area contributed by atoms with Gasteiger partial charge in [0.15, 0.2) is 6.61 Å². The van der Waals surface area contributed by atoms with Crippen LogP contribution in [0, 0.1) is 10.1 Å². The van der Waals surface area contributed by atoms with Gasteiger partial charge in [-0.05, 0) is 35.2 Å². The van der Waals surface area contributed by atoms with E-state index in [0.717, 1.165) is 11.6 Å². The number of hydrogen-bond acceptors (Lipinski definition) is 6. The number of nitrogens with zero attached hydrogens (tertiary/aromatic N) is 1.